The van der Waals surface area contributed by atoms with Gasteiger partial charge in [-0.15, -0.1) is 0 Å². The zero-order valence-corrected chi connectivity index (χ0v) is 13.9. The van der Waals surface area contributed by atoms with Gasteiger partial charge >= 0.3 is 0 Å². The number of hydrogen-bond donors (Lipinski definition) is 1. The van der Waals surface area contributed by atoms with Crippen LogP contribution >= 0.6 is 0 Å². The molecule has 2 aromatic rings. The topological polar surface area (TPSA) is 71.5 Å². The number of amides is 2. The van der Waals surface area contributed by atoms with Crippen LogP contribution < -0.4 is 10.1 Å². The van der Waals surface area contributed by atoms with Crippen molar-refractivity contribution < 1.29 is 14.3 Å². The van der Waals surface area contributed by atoms with E-state index in [1.807, 2.05) is 24.3 Å². The number of nitrogens with zero attached hydrogens (tertiary/aromatic N) is 2. The SMILES string of the molecule is CNC(=O)c1cncc(C=CC(=O)N2CCOc3ccccc3C2)c1. The van der Waals surface area contributed by atoms with Gasteiger partial charge in [-0.05, 0) is 23.8 Å². The van der Waals surface area contributed by atoms with Gasteiger partial charge in [-0.25, -0.2) is 0 Å². The summed E-state index contributed by atoms with van der Waals surface area (Å²) in [6.45, 7) is 1.49. The number of rotatable bonds is 3. The number of aromatic nitrogens is 1. The van der Waals surface area contributed by atoms with Crippen LogP contribution in [0.2, 0.25) is 0 Å². The highest BCUT2D eigenvalue weighted by molar-refractivity contribution is 5.95. The molecular weight excluding hydrogens is 318 g/mol. The van der Waals surface area contributed by atoms with Crippen LogP contribution in [0, 0.1) is 0 Å². The summed E-state index contributed by atoms with van der Waals surface area (Å²) in [6.07, 6.45) is 6.26. The van der Waals surface area contributed by atoms with Crippen LogP contribution in [-0.4, -0.2) is 41.9 Å². The van der Waals surface area contributed by atoms with Crippen LogP contribution in [0.1, 0.15) is 21.5 Å². The van der Waals surface area contributed by atoms with Gasteiger partial charge in [-0.1, -0.05) is 18.2 Å². The van der Waals surface area contributed by atoms with Crippen LogP contribution in [0.3, 0.4) is 0 Å². The lowest BCUT2D eigenvalue weighted by molar-refractivity contribution is -0.126. The van der Waals surface area contributed by atoms with Crippen LogP contribution in [0.5, 0.6) is 5.75 Å². The first-order chi connectivity index (χ1) is 12.2. The van der Waals surface area contributed by atoms with Gasteiger partial charge in [0.15, 0.2) is 0 Å². The molecule has 0 aliphatic carbocycles. The Labute approximate surface area is 146 Å². The fourth-order valence-corrected chi connectivity index (χ4v) is 2.60. The highest BCUT2D eigenvalue weighted by atomic mass is 16.5. The van der Waals surface area contributed by atoms with Gasteiger partial charge in [-0.2, -0.15) is 0 Å². The second-order valence-corrected chi connectivity index (χ2v) is 5.64. The number of carbonyl (C=O) groups excluding carboxylic acids is 2. The number of carbonyl (C=O) groups is 2. The van der Waals surface area contributed by atoms with E-state index in [0.717, 1.165) is 11.3 Å². The molecule has 0 spiro atoms. The zero-order chi connectivity index (χ0) is 17.6. The van der Waals surface area contributed by atoms with Crippen molar-refractivity contribution in [1.29, 1.82) is 0 Å². The van der Waals surface area contributed by atoms with E-state index >= 15 is 0 Å². The van der Waals surface area contributed by atoms with E-state index in [2.05, 4.69) is 10.3 Å². The predicted molar refractivity (Wildman–Crippen MR) is 94.0 cm³/mol. The Hall–Kier alpha value is -3.15. The summed E-state index contributed by atoms with van der Waals surface area (Å²) in [7, 11) is 1.56. The summed E-state index contributed by atoms with van der Waals surface area (Å²) in [6, 6.07) is 9.41. The summed E-state index contributed by atoms with van der Waals surface area (Å²) in [5.74, 6) is 0.505. The summed E-state index contributed by atoms with van der Waals surface area (Å²) in [4.78, 5) is 29.9. The van der Waals surface area contributed by atoms with E-state index in [9.17, 15) is 9.59 Å². The zero-order valence-electron chi connectivity index (χ0n) is 13.9. The Bertz CT molecular complexity index is 817. The van der Waals surface area contributed by atoms with E-state index in [-0.39, 0.29) is 11.8 Å². The van der Waals surface area contributed by atoms with E-state index in [4.69, 9.17) is 4.74 Å². The Morgan fingerprint density at radius 1 is 1.28 bits per heavy atom. The van der Waals surface area contributed by atoms with Gasteiger partial charge < -0.3 is 15.0 Å². The van der Waals surface area contributed by atoms with E-state index in [0.29, 0.717) is 30.8 Å². The van der Waals surface area contributed by atoms with Crippen molar-refractivity contribution in [3.8, 4) is 5.75 Å². The number of fused-ring (bicyclic) bond motifs is 1. The third kappa shape index (κ3) is 4.03. The number of hydrogen-bond acceptors (Lipinski definition) is 4. The molecular formula is C19H19N3O3. The largest absolute Gasteiger partial charge is 0.491 e. The second kappa shape index (κ2) is 7.61. The highest BCUT2D eigenvalue weighted by Crippen LogP contribution is 2.22. The Morgan fingerprint density at radius 3 is 2.96 bits per heavy atom. The van der Waals surface area contributed by atoms with Gasteiger partial charge in [0, 0.05) is 37.6 Å². The Kier molecular flexibility index (Phi) is 5.09. The number of ether oxygens (including phenoxy) is 1. The smallest absolute Gasteiger partial charge is 0.252 e. The number of para-hydroxylation sites is 1. The summed E-state index contributed by atoms with van der Waals surface area (Å²) < 4.78 is 5.67. The van der Waals surface area contributed by atoms with Crippen molar-refractivity contribution in [2.24, 2.45) is 0 Å². The monoisotopic (exact) mass is 337 g/mol. The molecule has 1 aromatic heterocycles. The van der Waals surface area contributed by atoms with E-state index in [1.165, 1.54) is 12.3 Å². The molecule has 0 saturated heterocycles. The van der Waals surface area contributed by atoms with Gasteiger partial charge in [0.25, 0.3) is 5.91 Å². The minimum Gasteiger partial charge on any atom is -0.491 e. The molecule has 6 nitrogen and oxygen atoms in total. The molecule has 2 amide bonds. The maximum atomic E-state index is 12.5. The number of pyridine rings is 1. The number of nitrogens with one attached hydrogen (secondary N) is 1. The van der Waals surface area contributed by atoms with Crippen molar-refractivity contribution in [2.45, 2.75) is 6.54 Å². The first kappa shape index (κ1) is 16.7. The van der Waals surface area contributed by atoms with Gasteiger partial charge in [0.05, 0.1) is 12.1 Å². The fourth-order valence-electron chi connectivity index (χ4n) is 2.60. The molecule has 0 unspecified atom stereocenters. The minimum atomic E-state index is -0.213. The van der Waals surface area contributed by atoms with Crippen molar-refractivity contribution in [3.63, 3.8) is 0 Å². The molecule has 0 fully saturated rings. The molecule has 0 atom stereocenters. The molecule has 1 aliphatic rings. The molecule has 1 aromatic carbocycles. The minimum absolute atomic E-state index is 0.106. The molecule has 1 N–H and O–H groups in total. The van der Waals surface area contributed by atoms with E-state index in [1.54, 1.807) is 30.3 Å². The predicted octanol–water partition coefficient (Wildman–Crippen LogP) is 1.88. The molecule has 25 heavy (non-hydrogen) atoms. The van der Waals surface area contributed by atoms with Crippen molar-refractivity contribution >= 4 is 17.9 Å². The normalized spacial score (nSPS) is 13.7. The molecule has 0 radical (unpaired) electrons. The average Bonchev–Trinajstić information content (AvgIpc) is 2.88. The average molecular weight is 337 g/mol. The summed E-state index contributed by atoms with van der Waals surface area (Å²) >= 11 is 0. The lowest BCUT2D eigenvalue weighted by atomic mass is 10.1. The summed E-state index contributed by atoms with van der Waals surface area (Å²) in [5.41, 5.74) is 2.14. The van der Waals surface area contributed by atoms with Crippen LogP contribution in [0.25, 0.3) is 6.08 Å². The molecule has 1 aliphatic heterocycles. The number of benzene rings is 1. The van der Waals surface area contributed by atoms with Crippen LogP contribution in [-0.2, 0) is 11.3 Å². The van der Waals surface area contributed by atoms with Crippen molar-refractivity contribution in [2.75, 3.05) is 20.2 Å². The van der Waals surface area contributed by atoms with Gasteiger partial charge in [0.2, 0.25) is 5.91 Å². The quantitative estimate of drug-likeness (QED) is 0.868. The van der Waals surface area contributed by atoms with Gasteiger partial charge in [0.1, 0.15) is 12.4 Å². The van der Waals surface area contributed by atoms with Crippen LogP contribution in [0.15, 0.2) is 48.8 Å². The molecule has 128 valence electrons. The molecule has 6 heteroatoms. The van der Waals surface area contributed by atoms with Crippen LogP contribution in [0.4, 0.5) is 0 Å². The lowest BCUT2D eigenvalue weighted by Crippen LogP contribution is -2.30. The lowest BCUT2D eigenvalue weighted by Gasteiger charge is -2.17. The molecule has 0 saturated carbocycles. The highest BCUT2D eigenvalue weighted by Gasteiger charge is 2.17. The molecule has 2 heterocycles. The molecule has 0 bridgehead atoms. The van der Waals surface area contributed by atoms with E-state index < -0.39 is 0 Å². The van der Waals surface area contributed by atoms with Gasteiger partial charge in [-0.3, -0.25) is 14.6 Å². The maximum absolute atomic E-state index is 12.5. The standard InChI is InChI=1S/C19H19N3O3/c1-20-19(24)16-10-14(11-21-12-16)6-7-18(23)22-8-9-25-17-5-3-2-4-15(17)13-22/h2-7,10-12H,8-9,13H2,1H3,(H,20,24). The Morgan fingerprint density at radius 2 is 2.12 bits per heavy atom. The third-order valence-electron chi connectivity index (χ3n) is 3.93. The maximum Gasteiger partial charge on any atom is 0.252 e. The van der Waals surface area contributed by atoms with Crippen molar-refractivity contribution in [3.05, 3.63) is 65.5 Å². The summed E-state index contributed by atoms with van der Waals surface area (Å²) in [5, 5.41) is 2.55. The van der Waals surface area contributed by atoms with Crippen molar-refractivity contribution in [1.82, 2.24) is 15.2 Å². The Balaban J connectivity index is 1.72. The second-order valence-electron chi connectivity index (χ2n) is 5.64. The first-order valence-electron chi connectivity index (χ1n) is 8.02. The molecule has 3 rings (SSSR count). The fraction of sp³-hybridized carbons (Fsp3) is 0.211. The third-order valence-corrected chi connectivity index (χ3v) is 3.93. The first-order valence-corrected chi connectivity index (χ1v) is 8.02.